The lowest BCUT2D eigenvalue weighted by Crippen LogP contribution is -2.47. The highest BCUT2D eigenvalue weighted by Gasteiger charge is 2.37. The molecular formula is C11H23N3O3. The molecule has 1 aliphatic heterocycles. The van der Waals surface area contributed by atoms with Gasteiger partial charge in [-0.05, 0) is 27.9 Å². The molecule has 3 unspecified atom stereocenters. The number of ether oxygens (including phenoxy) is 1. The number of carbonyl (C=O) groups is 1. The average molecular weight is 245 g/mol. The van der Waals surface area contributed by atoms with Crippen molar-refractivity contribution < 1.29 is 14.6 Å². The molecule has 0 spiro atoms. The van der Waals surface area contributed by atoms with Gasteiger partial charge in [-0.25, -0.2) is 4.79 Å². The second kappa shape index (κ2) is 6.18. The van der Waals surface area contributed by atoms with E-state index < -0.39 is 6.10 Å². The van der Waals surface area contributed by atoms with Crippen LogP contribution in [0, 0.1) is 0 Å². The Morgan fingerprint density at radius 1 is 1.53 bits per heavy atom. The topological polar surface area (TPSA) is 73.8 Å². The normalized spacial score (nSPS) is 28.8. The van der Waals surface area contributed by atoms with E-state index in [2.05, 4.69) is 10.6 Å². The summed E-state index contributed by atoms with van der Waals surface area (Å²) in [7, 11) is 3.80. The maximum absolute atomic E-state index is 11.4. The first-order valence-corrected chi connectivity index (χ1v) is 5.92. The van der Waals surface area contributed by atoms with Gasteiger partial charge in [-0.2, -0.15) is 0 Å². The SMILES string of the molecule is CC(C)NC(=O)NCC1OCC(N(C)C)C1O. The molecule has 1 aliphatic rings. The van der Waals surface area contributed by atoms with Crippen molar-refractivity contribution in [2.45, 2.75) is 38.1 Å². The van der Waals surface area contributed by atoms with Gasteiger partial charge in [-0.15, -0.1) is 0 Å². The van der Waals surface area contributed by atoms with E-state index in [-0.39, 0.29) is 24.2 Å². The number of nitrogens with zero attached hydrogens (tertiary/aromatic N) is 1. The first kappa shape index (κ1) is 14.2. The number of likely N-dealkylation sites (N-methyl/N-ethyl adjacent to an activating group) is 1. The molecule has 1 rings (SSSR count). The molecule has 0 aromatic rings. The molecule has 0 saturated carbocycles. The lowest BCUT2D eigenvalue weighted by molar-refractivity contribution is 0.0384. The minimum atomic E-state index is -0.565. The van der Waals surface area contributed by atoms with E-state index in [1.54, 1.807) is 0 Å². The van der Waals surface area contributed by atoms with Crippen molar-refractivity contribution in [2.75, 3.05) is 27.2 Å². The van der Waals surface area contributed by atoms with Gasteiger partial charge in [0.05, 0.1) is 18.8 Å². The monoisotopic (exact) mass is 245 g/mol. The van der Waals surface area contributed by atoms with E-state index in [0.717, 1.165) is 0 Å². The first-order chi connectivity index (χ1) is 7.91. The number of hydrogen-bond acceptors (Lipinski definition) is 4. The molecule has 1 heterocycles. The van der Waals surface area contributed by atoms with Crippen LogP contribution in [0.3, 0.4) is 0 Å². The van der Waals surface area contributed by atoms with Crippen LogP contribution in [0.15, 0.2) is 0 Å². The summed E-state index contributed by atoms with van der Waals surface area (Å²) in [5, 5.41) is 15.4. The summed E-state index contributed by atoms with van der Waals surface area (Å²) >= 11 is 0. The van der Waals surface area contributed by atoms with Crippen LogP contribution in [0.4, 0.5) is 4.79 Å². The summed E-state index contributed by atoms with van der Waals surface area (Å²) in [5.74, 6) is 0. The smallest absolute Gasteiger partial charge is 0.315 e. The van der Waals surface area contributed by atoms with Crippen LogP contribution in [-0.2, 0) is 4.74 Å². The van der Waals surface area contributed by atoms with Crippen molar-refractivity contribution in [2.24, 2.45) is 0 Å². The minimum absolute atomic E-state index is 0.00467. The van der Waals surface area contributed by atoms with Crippen LogP contribution in [0.25, 0.3) is 0 Å². The van der Waals surface area contributed by atoms with E-state index in [4.69, 9.17) is 4.74 Å². The summed E-state index contributed by atoms with van der Waals surface area (Å²) in [4.78, 5) is 13.3. The van der Waals surface area contributed by atoms with Crippen molar-refractivity contribution in [3.05, 3.63) is 0 Å². The van der Waals surface area contributed by atoms with Crippen molar-refractivity contribution in [1.29, 1.82) is 0 Å². The Kier molecular flexibility index (Phi) is 5.17. The quantitative estimate of drug-likeness (QED) is 0.617. The highest BCUT2D eigenvalue weighted by molar-refractivity contribution is 5.74. The van der Waals surface area contributed by atoms with E-state index in [1.165, 1.54) is 0 Å². The molecule has 2 amide bonds. The molecule has 6 nitrogen and oxygen atoms in total. The summed E-state index contributed by atoms with van der Waals surface area (Å²) in [6.45, 7) is 4.60. The summed E-state index contributed by atoms with van der Waals surface area (Å²) in [6, 6.07) is -0.141. The number of aliphatic hydroxyl groups excluding tert-OH is 1. The van der Waals surface area contributed by atoms with Gasteiger partial charge < -0.3 is 25.4 Å². The van der Waals surface area contributed by atoms with Crippen LogP contribution < -0.4 is 10.6 Å². The van der Waals surface area contributed by atoms with Gasteiger partial charge in [0.1, 0.15) is 6.10 Å². The Morgan fingerprint density at radius 2 is 2.18 bits per heavy atom. The highest BCUT2D eigenvalue weighted by Crippen LogP contribution is 2.17. The molecule has 1 fully saturated rings. The highest BCUT2D eigenvalue weighted by atomic mass is 16.5. The van der Waals surface area contributed by atoms with Gasteiger partial charge in [0.25, 0.3) is 0 Å². The zero-order chi connectivity index (χ0) is 13.0. The predicted octanol–water partition coefficient (Wildman–Crippen LogP) is -0.616. The van der Waals surface area contributed by atoms with Crippen molar-refractivity contribution in [1.82, 2.24) is 15.5 Å². The third-order valence-electron chi connectivity index (χ3n) is 2.80. The lowest BCUT2D eigenvalue weighted by atomic mass is 10.1. The molecule has 0 bridgehead atoms. The van der Waals surface area contributed by atoms with Crippen molar-refractivity contribution in [3.63, 3.8) is 0 Å². The summed E-state index contributed by atoms with van der Waals surface area (Å²) < 4.78 is 5.46. The van der Waals surface area contributed by atoms with Gasteiger partial charge in [0.2, 0.25) is 0 Å². The van der Waals surface area contributed by atoms with Gasteiger partial charge >= 0.3 is 6.03 Å². The van der Waals surface area contributed by atoms with Gasteiger partial charge in [-0.1, -0.05) is 0 Å². The van der Waals surface area contributed by atoms with E-state index in [1.807, 2.05) is 32.8 Å². The van der Waals surface area contributed by atoms with Crippen LogP contribution in [0.1, 0.15) is 13.8 Å². The van der Waals surface area contributed by atoms with Gasteiger partial charge in [0, 0.05) is 12.6 Å². The fourth-order valence-electron chi connectivity index (χ4n) is 1.81. The van der Waals surface area contributed by atoms with E-state index in [9.17, 15) is 9.90 Å². The third kappa shape index (κ3) is 4.14. The molecule has 3 atom stereocenters. The van der Waals surface area contributed by atoms with E-state index in [0.29, 0.717) is 13.2 Å². The lowest BCUT2D eigenvalue weighted by Gasteiger charge is -2.23. The molecule has 0 aromatic heterocycles. The maximum atomic E-state index is 11.4. The maximum Gasteiger partial charge on any atom is 0.315 e. The molecule has 0 radical (unpaired) electrons. The van der Waals surface area contributed by atoms with Crippen LogP contribution in [0.2, 0.25) is 0 Å². The summed E-state index contributed by atoms with van der Waals surface area (Å²) in [6.07, 6.45) is -0.898. The van der Waals surface area contributed by atoms with Gasteiger partial charge in [0.15, 0.2) is 0 Å². The predicted molar refractivity (Wildman–Crippen MR) is 64.9 cm³/mol. The second-order valence-electron chi connectivity index (χ2n) is 4.90. The second-order valence-corrected chi connectivity index (χ2v) is 4.90. The number of urea groups is 1. The Balaban J connectivity index is 2.31. The molecule has 3 N–H and O–H groups in total. The number of amides is 2. The Bertz CT molecular complexity index is 258. The Hall–Kier alpha value is -0.850. The standard InChI is InChI=1S/C11H23N3O3/c1-7(2)13-11(16)12-5-9-10(15)8(6-17-9)14(3)4/h7-10,15H,5-6H2,1-4H3,(H2,12,13,16). The Morgan fingerprint density at radius 3 is 2.65 bits per heavy atom. The van der Waals surface area contributed by atoms with Gasteiger partial charge in [-0.3, -0.25) is 0 Å². The molecule has 1 saturated heterocycles. The molecule has 0 aliphatic carbocycles. The molecular weight excluding hydrogens is 222 g/mol. The van der Waals surface area contributed by atoms with Crippen LogP contribution in [-0.4, -0.2) is 67.6 Å². The van der Waals surface area contributed by atoms with Crippen molar-refractivity contribution >= 4 is 6.03 Å². The zero-order valence-corrected chi connectivity index (χ0v) is 10.9. The number of rotatable bonds is 4. The zero-order valence-electron chi connectivity index (χ0n) is 10.9. The molecule has 17 heavy (non-hydrogen) atoms. The third-order valence-corrected chi connectivity index (χ3v) is 2.80. The number of nitrogens with one attached hydrogen (secondary N) is 2. The van der Waals surface area contributed by atoms with Crippen LogP contribution >= 0.6 is 0 Å². The Labute approximate surface area is 102 Å². The molecule has 6 heteroatoms. The van der Waals surface area contributed by atoms with Crippen molar-refractivity contribution in [3.8, 4) is 0 Å². The fraction of sp³-hybridized carbons (Fsp3) is 0.909. The number of aliphatic hydroxyl groups is 1. The molecule has 0 aromatic carbocycles. The number of hydrogen-bond donors (Lipinski definition) is 3. The fourth-order valence-corrected chi connectivity index (χ4v) is 1.81. The van der Waals surface area contributed by atoms with Crippen LogP contribution in [0.5, 0.6) is 0 Å². The van der Waals surface area contributed by atoms with E-state index >= 15 is 0 Å². The minimum Gasteiger partial charge on any atom is -0.389 e. The summed E-state index contributed by atoms with van der Waals surface area (Å²) in [5.41, 5.74) is 0. The number of carbonyl (C=O) groups excluding carboxylic acids is 1. The molecule has 100 valence electrons. The first-order valence-electron chi connectivity index (χ1n) is 5.92. The largest absolute Gasteiger partial charge is 0.389 e. The average Bonchev–Trinajstić information content (AvgIpc) is 2.55.